The van der Waals surface area contributed by atoms with Crippen molar-refractivity contribution in [3.05, 3.63) is 64.5 Å². The van der Waals surface area contributed by atoms with Gasteiger partial charge < -0.3 is 34.3 Å². The number of nitrogens with zero attached hydrogens (tertiary/aromatic N) is 6. The molecule has 4 aromatic rings. The normalized spacial score (nSPS) is 12.7. The molecule has 0 spiro atoms. The Morgan fingerprint density at radius 3 is 2.76 bits per heavy atom. The smallest absolute Gasteiger partial charge is 0.407 e. The van der Waals surface area contributed by atoms with Crippen molar-refractivity contribution >= 4 is 40.0 Å². The van der Waals surface area contributed by atoms with Crippen molar-refractivity contribution in [1.29, 1.82) is 0 Å². The molecule has 0 saturated heterocycles. The lowest BCUT2D eigenvalue weighted by Gasteiger charge is -2.27. The van der Waals surface area contributed by atoms with Gasteiger partial charge in [0.05, 0.1) is 42.3 Å². The van der Waals surface area contributed by atoms with E-state index >= 15 is 0 Å². The molecule has 1 aliphatic rings. The number of rotatable bonds is 10. The Bertz CT molecular complexity index is 1640. The molecule has 2 aromatic carbocycles. The maximum Gasteiger partial charge on any atom is 0.407 e. The van der Waals surface area contributed by atoms with Crippen molar-refractivity contribution in [2.24, 2.45) is 0 Å². The van der Waals surface area contributed by atoms with Crippen molar-refractivity contribution in [3.63, 3.8) is 0 Å². The molecular weight excluding hydrogens is 542 g/mol. The van der Waals surface area contributed by atoms with E-state index < -0.39 is 11.0 Å². The summed E-state index contributed by atoms with van der Waals surface area (Å²) in [5, 5.41) is 25.7. The second kappa shape index (κ2) is 11.9. The molecule has 0 aliphatic carbocycles. The van der Waals surface area contributed by atoms with Crippen molar-refractivity contribution < 1.29 is 24.3 Å². The van der Waals surface area contributed by atoms with Crippen LogP contribution in [0.3, 0.4) is 0 Å². The molecule has 0 bridgehead atoms. The van der Waals surface area contributed by atoms with E-state index in [1.54, 1.807) is 38.1 Å². The Balaban J connectivity index is 1.47. The Morgan fingerprint density at radius 2 is 2.05 bits per heavy atom. The van der Waals surface area contributed by atoms with Gasteiger partial charge in [-0.05, 0) is 26.0 Å². The number of ether oxygens (including phenoxy) is 2. The molecule has 13 nitrogen and oxygen atoms in total. The van der Waals surface area contributed by atoms with E-state index in [1.807, 2.05) is 18.2 Å². The predicted molar refractivity (Wildman–Crippen MR) is 159 cm³/mol. The lowest BCUT2D eigenvalue weighted by molar-refractivity contribution is -0.384. The summed E-state index contributed by atoms with van der Waals surface area (Å²) >= 11 is 0. The molecule has 0 atom stereocenters. The van der Waals surface area contributed by atoms with Gasteiger partial charge in [-0.2, -0.15) is 0 Å². The molecule has 0 saturated carbocycles. The molecule has 13 heteroatoms. The number of benzene rings is 2. The van der Waals surface area contributed by atoms with Gasteiger partial charge in [-0.25, -0.2) is 14.8 Å². The van der Waals surface area contributed by atoms with E-state index in [1.165, 1.54) is 18.1 Å². The lowest BCUT2D eigenvalue weighted by Crippen LogP contribution is -2.41. The zero-order valence-corrected chi connectivity index (χ0v) is 23.9. The van der Waals surface area contributed by atoms with E-state index in [0.717, 1.165) is 28.7 Å². The zero-order chi connectivity index (χ0) is 30.0. The highest BCUT2D eigenvalue weighted by atomic mass is 16.6. The van der Waals surface area contributed by atoms with Gasteiger partial charge in [-0.15, -0.1) is 0 Å². The first-order chi connectivity index (χ1) is 20.2. The summed E-state index contributed by atoms with van der Waals surface area (Å²) in [5.74, 6) is 0.589. The molecule has 2 N–H and O–H groups in total. The van der Waals surface area contributed by atoms with Gasteiger partial charge in [-0.3, -0.25) is 10.1 Å². The molecule has 0 radical (unpaired) electrons. The number of carboxylic acid groups (broad SMARTS) is 1. The quantitative estimate of drug-likeness (QED) is 0.193. The van der Waals surface area contributed by atoms with Crippen LogP contribution in [0.15, 0.2) is 48.7 Å². The average molecular weight is 576 g/mol. The number of para-hydroxylation sites is 1. The van der Waals surface area contributed by atoms with E-state index in [2.05, 4.69) is 27.0 Å². The van der Waals surface area contributed by atoms with Crippen molar-refractivity contribution in [1.82, 2.24) is 19.4 Å². The van der Waals surface area contributed by atoms with Gasteiger partial charge in [0.25, 0.3) is 5.69 Å². The molecule has 42 heavy (non-hydrogen) atoms. The largest absolute Gasteiger partial charge is 0.494 e. The number of anilines is 3. The van der Waals surface area contributed by atoms with E-state index in [9.17, 15) is 20.0 Å². The van der Waals surface area contributed by atoms with Crippen LogP contribution in [0.5, 0.6) is 5.75 Å². The summed E-state index contributed by atoms with van der Waals surface area (Å²) in [6.07, 6.45) is 0.590. The van der Waals surface area contributed by atoms with Crippen LogP contribution in [0.4, 0.5) is 27.8 Å². The van der Waals surface area contributed by atoms with Crippen molar-refractivity contribution in [2.75, 3.05) is 44.1 Å². The number of nitrogens with one attached hydrogen (secondary N) is 1. The Kier molecular flexibility index (Phi) is 8.11. The van der Waals surface area contributed by atoms with Gasteiger partial charge in [0.15, 0.2) is 0 Å². The first kappa shape index (κ1) is 28.6. The van der Waals surface area contributed by atoms with Crippen LogP contribution in [-0.4, -0.2) is 75.5 Å². The summed E-state index contributed by atoms with van der Waals surface area (Å²) in [4.78, 5) is 35.3. The fourth-order valence-corrected chi connectivity index (χ4v) is 5.28. The van der Waals surface area contributed by atoms with Gasteiger partial charge in [0.2, 0.25) is 5.95 Å². The van der Waals surface area contributed by atoms with Gasteiger partial charge in [0, 0.05) is 67.5 Å². The minimum Gasteiger partial charge on any atom is -0.494 e. The fraction of sp³-hybridized carbons (Fsp3) is 0.345. The minimum atomic E-state index is -1.05. The summed E-state index contributed by atoms with van der Waals surface area (Å²) in [5.41, 5.74) is 4.23. The van der Waals surface area contributed by atoms with Crippen LogP contribution in [0.25, 0.3) is 22.2 Å². The van der Waals surface area contributed by atoms with Crippen molar-refractivity contribution in [3.8, 4) is 17.0 Å². The highest BCUT2D eigenvalue weighted by Crippen LogP contribution is 2.40. The molecule has 5 rings (SSSR count). The molecule has 1 amide bonds. The number of hydrogen-bond donors (Lipinski definition) is 2. The topological polar surface area (TPSA) is 148 Å². The van der Waals surface area contributed by atoms with Gasteiger partial charge >= 0.3 is 6.09 Å². The first-order valence-electron chi connectivity index (χ1n) is 13.5. The number of amides is 1. The highest BCUT2D eigenvalue weighted by Gasteiger charge is 2.25. The number of methoxy groups -OCH3 is 1. The third kappa shape index (κ3) is 5.50. The molecule has 0 unspecified atom stereocenters. The van der Waals surface area contributed by atoms with Crippen LogP contribution in [0.2, 0.25) is 0 Å². The molecule has 2 aromatic heterocycles. The van der Waals surface area contributed by atoms with Crippen molar-refractivity contribution in [2.45, 2.75) is 33.0 Å². The maximum absolute atomic E-state index is 12.1. The van der Waals surface area contributed by atoms with Crippen LogP contribution < -0.4 is 15.0 Å². The van der Waals surface area contributed by atoms with Crippen LogP contribution in [-0.2, 0) is 17.9 Å². The van der Waals surface area contributed by atoms with Crippen LogP contribution in [0.1, 0.15) is 19.5 Å². The maximum atomic E-state index is 12.1. The third-order valence-electron chi connectivity index (χ3n) is 7.38. The van der Waals surface area contributed by atoms with E-state index in [0.29, 0.717) is 30.3 Å². The monoisotopic (exact) mass is 575 g/mol. The predicted octanol–water partition coefficient (Wildman–Crippen LogP) is 5.11. The molecule has 0 fully saturated rings. The number of carbonyl (C=O) groups is 1. The fourth-order valence-electron chi connectivity index (χ4n) is 5.28. The van der Waals surface area contributed by atoms with Gasteiger partial charge in [0.1, 0.15) is 11.4 Å². The highest BCUT2D eigenvalue weighted by molar-refractivity contribution is 5.97. The van der Waals surface area contributed by atoms with E-state index in [4.69, 9.17) is 14.5 Å². The number of hydrogen-bond acceptors (Lipinski definition) is 9. The average Bonchev–Trinajstić information content (AvgIpc) is 3.31. The molecule has 3 heterocycles. The summed E-state index contributed by atoms with van der Waals surface area (Å²) in [6, 6.07) is 12.7. The number of aromatic nitrogens is 3. The minimum absolute atomic E-state index is 0.173. The third-order valence-corrected chi connectivity index (χ3v) is 7.38. The van der Waals surface area contributed by atoms with Crippen LogP contribution >= 0.6 is 0 Å². The first-order valence-corrected chi connectivity index (χ1v) is 13.5. The second-order valence-corrected chi connectivity index (χ2v) is 10.2. The van der Waals surface area contributed by atoms with Gasteiger partial charge in [-0.1, -0.05) is 18.2 Å². The summed E-state index contributed by atoms with van der Waals surface area (Å²) in [6.45, 7) is 5.82. The zero-order valence-electron chi connectivity index (χ0n) is 23.9. The number of likely N-dealkylation sites (N-methyl/N-ethyl adjacent to an activating group) is 1. The Hall–Kier alpha value is -4.91. The number of nitro groups is 1. The Labute approximate surface area is 242 Å². The molecule has 220 valence electrons. The second-order valence-electron chi connectivity index (χ2n) is 10.2. The summed E-state index contributed by atoms with van der Waals surface area (Å²) < 4.78 is 13.6. The Morgan fingerprint density at radius 1 is 1.26 bits per heavy atom. The SMILES string of the molecule is COc1cc(N(C)CCN(C(=O)O)C(C)C)c([N+](=O)[O-])cc1Nc1nccc(-c2c3n(c4ccccc24)CCOC3)n1. The standard InChI is InChI=1S/C29H33N7O6/c1-18(2)34(29(37)38)12-11-33(3)23-16-26(41-4)21(15-24(23)36(39)40)32-28-30-10-9-20(31-28)27-19-7-5-6-8-22(19)35-13-14-42-17-25(27)35/h5-10,15-16,18H,11-14,17H2,1-4H3,(H,37,38)(H,30,31,32). The molecule has 1 aliphatic heterocycles. The number of fused-ring (bicyclic) bond motifs is 3. The summed E-state index contributed by atoms with van der Waals surface area (Å²) in [7, 11) is 3.15. The van der Waals surface area contributed by atoms with E-state index in [-0.39, 0.29) is 36.5 Å². The molecular formula is C29H33N7O6. The number of nitro benzene ring substituents is 1. The van der Waals surface area contributed by atoms with Crippen LogP contribution in [0, 0.1) is 10.1 Å². The lowest BCUT2D eigenvalue weighted by atomic mass is 10.1.